The van der Waals surface area contributed by atoms with E-state index in [-0.39, 0.29) is 11.1 Å². The van der Waals surface area contributed by atoms with Crippen molar-refractivity contribution in [1.29, 1.82) is 0 Å². The predicted octanol–water partition coefficient (Wildman–Crippen LogP) is 4.42. The second kappa shape index (κ2) is 4.92. The molecule has 2 aromatic rings. The number of nitro groups is 1. The Labute approximate surface area is 110 Å². The second-order valence-corrected chi connectivity index (χ2v) is 4.00. The first-order chi connectivity index (χ1) is 9.29. The van der Waals surface area contributed by atoms with E-state index >= 15 is 0 Å². The highest BCUT2D eigenvalue weighted by molar-refractivity contribution is 5.67. The van der Waals surface area contributed by atoms with E-state index in [2.05, 4.69) is 0 Å². The molecule has 104 valence electrons. The van der Waals surface area contributed by atoms with Gasteiger partial charge in [0.1, 0.15) is 11.4 Å². The number of nitro benzene ring substituents is 1. The van der Waals surface area contributed by atoms with E-state index in [1.807, 2.05) is 0 Å². The van der Waals surface area contributed by atoms with Crippen LogP contribution >= 0.6 is 0 Å². The van der Waals surface area contributed by atoms with Crippen molar-refractivity contribution in [3.05, 3.63) is 64.0 Å². The summed E-state index contributed by atoms with van der Waals surface area (Å²) in [7, 11) is 0. The van der Waals surface area contributed by atoms with E-state index in [9.17, 15) is 27.7 Å². The van der Waals surface area contributed by atoms with E-state index < -0.39 is 28.2 Å². The fraction of sp³-hybridized carbons (Fsp3) is 0.0769. The third kappa shape index (κ3) is 2.76. The fourth-order valence-electron chi connectivity index (χ4n) is 1.77. The summed E-state index contributed by atoms with van der Waals surface area (Å²) in [6.07, 6.45) is -4.82. The van der Waals surface area contributed by atoms with Crippen molar-refractivity contribution in [2.24, 2.45) is 0 Å². The van der Waals surface area contributed by atoms with Crippen molar-refractivity contribution >= 4 is 5.69 Å². The number of hydrogen-bond donors (Lipinski definition) is 0. The van der Waals surface area contributed by atoms with Crippen LogP contribution < -0.4 is 0 Å². The van der Waals surface area contributed by atoms with Crippen molar-refractivity contribution in [1.82, 2.24) is 0 Å². The molecule has 20 heavy (non-hydrogen) atoms. The zero-order valence-electron chi connectivity index (χ0n) is 9.82. The van der Waals surface area contributed by atoms with Gasteiger partial charge in [0.05, 0.1) is 4.92 Å². The summed E-state index contributed by atoms with van der Waals surface area (Å²) in [5, 5.41) is 10.8. The highest BCUT2D eigenvalue weighted by Crippen LogP contribution is 2.38. The highest BCUT2D eigenvalue weighted by Gasteiger charge is 2.38. The predicted molar refractivity (Wildman–Crippen MR) is 63.5 cm³/mol. The molecular formula is C13H7F4NO2. The molecular weight excluding hydrogens is 278 g/mol. The molecule has 0 aromatic heterocycles. The normalized spacial score (nSPS) is 11.4. The number of alkyl halides is 3. The minimum Gasteiger partial charge on any atom is -0.258 e. The van der Waals surface area contributed by atoms with Gasteiger partial charge in [-0.3, -0.25) is 10.1 Å². The minimum atomic E-state index is -4.82. The van der Waals surface area contributed by atoms with Crippen LogP contribution in [0.5, 0.6) is 0 Å². The Bertz CT molecular complexity index is 668. The maximum Gasteiger partial charge on any atom is 0.422 e. The number of halogens is 4. The lowest BCUT2D eigenvalue weighted by Crippen LogP contribution is -2.08. The van der Waals surface area contributed by atoms with Gasteiger partial charge in [-0.1, -0.05) is 18.2 Å². The Balaban J connectivity index is 2.59. The van der Waals surface area contributed by atoms with Crippen LogP contribution in [0.1, 0.15) is 5.56 Å². The van der Waals surface area contributed by atoms with Gasteiger partial charge >= 0.3 is 6.18 Å². The fourth-order valence-corrected chi connectivity index (χ4v) is 1.77. The van der Waals surface area contributed by atoms with Crippen molar-refractivity contribution in [2.45, 2.75) is 6.18 Å². The largest absolute Gasteiger partial charge is 0.422 e. The van der Waals surface area contributed by atoms with Crippen LogP contribution in [0.3, 0.4) is 0 Å². The molecule has 0 saturated carbocycles. The Hall–Kier alpha value is -2.44. The maximum absolute atomic E-state index is 13.1. The summed E-state index contributed by atoms with van der Waals surface area (Å²) in [5.74, 6) is -0.579. The summed E-state index contributed by atoms with van der Waals surface area (Å²) in [4.78, 5) is 9.64. The zero-order chi connectivity index (χ0) is 14.9. The van der Waals surface area contributed by atoms with E-state index in [1.54, 1.807) is 0 Å². The van der Waals surface area contributed by atoms with Crippen molar-refractivity contribution in [3.63, 3.8) is 0 Å². The second-order valence-electron chi connectivity index (χ2n) is 4.00. The molecule has 3 nitrogen and oxygen atoms in total. The van der Waals surface area contributed by atoms with Gasteiger partial charge in [-0.25, -0.2) is 4.39 Å². The molecule has 0 unspecified atom stereocenters. The quantitative estimate of drug-likeness (QED) is 0.465. The van der Waals surface area contributed by atoms with E-state index in [0.717, 1.165) is 18.2 Å². The molecule has 0 bridgehead atoms. The number of benzene rings is 2. The number of rotatable bonds is 2. The number of hydrogen-bond acceptors (Lipinski definition) is 2. The third-order valence-electron chi connectivity index (χ3n) is 2.66. The van der Waals surface area contributed by atoms with Crippen LogP contribution in [0.25, 0.3) is 11.1 Å². The van der Waals surface area contributed by atoms with Crippen molar-refractivity contribution in [2.75, 3.05) is 0 Å². The van der Waals surface area contributed by atoms with Gasteiger partial charge in [0.15, 0.2) is 0 Å². The SMILES string of the molecule is O=[N+]([O-])c1cc(-c2cccc(F)c2)ccc1C(F)(F)F. The average Bonchev–Trinajstić information content (AvgIpc) is 2.37. The molecule has 2 aromatic carbocycles. The lowest BCUT2D eigenvalue weighted by molar-refractivity contribution is -0.388. The van der Waals surface area contributed by atoms with Gasteiger partial charge in [-0.05, 0) is 29.3 Å². The van der Waals surface area contributed by atoms with Crippen LogP contribution in [0.15, 0.2) is 42.5 Å². The maximum atomic E-state index is 13.1. The molecule has 0 spiro atoms. The van der Waals surface area contributed by atoms with Gasteiger partial charge < -0.3 is 0 Å². The Kier molecular flexibility index (Phi) is 3.44. The Morgan fingerprint density at radius 3 is 2.20 bits per heavy atom. The summed E-state index contributed by atoms with van der Waals surface area (Å²) >= 11 is 0. The molecule has 0 heterocycles. The molecule has 0 radical (unpaired) electrons. The minimum absolute atomic E-state index is 0.143. The lowest BCUT2D eigenvalue weighted by atomic mass is 10.0. The standard InChI is InChI=1S/C13H7F4NO2/c14-10-3-1-2-8(6-10)9-4-5-11(13(15,16)17)12(7-9)18(19)20/h1-7H. The molecule has 0 amide bonds. The number of nitrogens with zero attached hydrogens (tertiary/aromatic N) is 1. The molecule has 0 aliphatic heterocycles. The van der Waals surface area contributed by atoms with Gasteiger partial charge in [0, 0.05) is 6.07 Å². The van der Waals surface area contributed by atoms with Gasteiger partial charge in [0.2, 0.25) is 0 Å². The molecule has 2 rings (SSSR count). The lowest BCUT2D eigenvalue weighted by Gasteiger charge is -2.09. The van der Waals surface area contributed by atoms with Crippen LogP contribution in [0.4, 0.5) is 23.2 Å². The summed E-state index contributed by atoms with van der Waals surface area (Å²) in [6, 6.07) is 7.57. The molecule has 0 N–H and O–H groups in total. The highest BCUT2D eigenvalue weighted by atomic mass is 19.4. The molecule has 0 saturated heterocycles. The van der Waals surface area contributed by atoms with Gasteiger partial charge in [0.25, 0.3) is 5.69 Å². The van der Waals surface area contributed by atoms with E-state index in [1.165, 1.54) is 18.2 Å². The van der Waals surface area contributed by atoms with Gasteiger partial charge in [-0.2, -0.15) is 13.2 Å². The molecule has 0 aliphatic rings. The summed E-state index contributed by atoms with van der Waals surface area (Å²) < 4.78 is 51.0. The summed E-state index contributed by atoms with van der Waals surface area (Å²) in [6.45, 7) is 0. The van der Waals surface area contributed by atoms with Gasteiger partial charge in [-0.15, -0.1) is 0 Å². The first-order valence-corrected chi connectivity index (χ1v) is 5.40. The van der Waals surface area contributed by atoms with Crippen LogP contribution in [0.2, 0.25) is 0 Å². The molecule has 0 aliphatic carbocycles. The van der Waals surface area contributed by atoms with Crippen molar-refractivity contribution < 1.29 is 22.5 Å². The topological polar surface area (TPSA) is 43.1 Å². The molecule has 0 atom stereocenters. The van der Waals surface area contributed by atoms with Crippen LogP contribution in [0, 0.1) is 15.9 Å². The smallest absolute Gasteiger partial charge is 0.258 e. The average molecular weight is 285 g/mol. The van der Waals surface area contributed by atoms with Crippen LogP contribution in [-0.2, 0) is 6.18 Å². The van der Waals surface area contributed by atoms with Crippen molar-refractivity contribution in [3.8, 4) is 11.1 Å². The first kappa shape index (κ1) is 14.0. The molecule has 0 fully saturated rings. The zero-order valence-corrected chi connectivity index (χ0v) is 9.82. The monoisotopic (exact) mass is 285 g/mol. The van der Waals surface area contributed by atoms with E-state index in [4.69, 9.17) is 0 Å². The Morgan fingerprint density at radius 2 is 1.65 bits per heavy atom. The third-order valence-corrected chi connectivity index (χ3v) is 2.66. The van der Waals surface area contributed by atoms with E-state index in [0.29, 0.717) is 6.07 Å². The van der Waals surface area contributed by atoms with Crippen LogP contribution in [-0.4, -0.2) is 4.92 Å². The molecule has 7 heteroatoms. The Morgan fingerprint density at radius 1 is 1.00 bits per heavy atom. The first-order valence-electron chi connectivity index (χ1n) is 5.40. The summed E-state index contributed by atoms with van der Waals surface area (Å²) in [5.41, 5.74) is -1.98.